The summed E-state index contributed by atoms with van der Waals surface area (Å²) >= 11 is 1.46. The number of carboxylic acid groups (broad SMARTS) is 1. The molecule has 0 aliphatic heterocycles. The van der Waals surface area contributed by atoms with Gasteiger partial charge in [0, 0.05) is 35.3 Å². The van der Waals surface area contributed by atoms with E-state index in [-0.39, 0.29) is 28.6 Å². The van der Waals surface area contributed by atoms with E-state index >= 15 is 0 Å². The number of methoxy groups -OCH3 is 2. The summed E-state index contributed by atoms with van der Waals surface area (Å²) in [5.41, 5.74) is 0.951. The summed E-state index contributed by atoms with van der Waals surface area (Å²) in [6.07, 6.45) is 3.80. The summed E-state index contributed by atoms with van der Waals surface area (Å²) in [7, 11) is -0.995. The fourth-order valence-electron chi connectivity index (χ4n) is 4.65. The molecule has 0 atom stereocenters. The summed E-state index contributed by atoms with van der Waals surface area (Å²) in [4.78, 5) is 16.4. The first kappa shape index (κ1) is 28.7. The highest BCUT2D eigenvalue weighted by atomic mass is 32.2. The van der Waals surface area contributed by atoms with Crippen molar-refractivity contribution < 1.29 is 27.8 Å². The third-order valence-corrected chi connectivity index (χ3v) is 9.35. The number of nitrogens with zero attached hydrogens (tertiary/aromatic N) is 3. The van der Waals surface area contributed by atoms with Crippen LogP contribution in [-0.4, -0.2) is 60.6 Å². The number of carbonyl (C=O) groups is 1. The van der Waals surface area contributed by atoms with Gasteiger partial charge in [0.05, 0.1) is 34.6 Å². The molecule has 39 heavy (non-hydrogen) atoms. The summed E-state index contributed by atoms with van der Waals surface area (Å²) < 4.78 is 40.7. The van der Waals surface area contributed by atoms with Crippen LogP contribution in [0.5, 0.6) is 11.8 Å². The van der Waals surface area contributed by atoms with Crippen LogP contribution in [0.4, 0.5) is 4.79 Å². The third-order valence-electron chi connectivity index (χ3n) is 6.36. The number of ether oxygens (including phenoxy) is 2. The molecule has 0 bridgehead atoms. The molecule has 210 valence electrons. The quantitative estimate of drug-likeness (QED) is 0.348. The summed E-state index contributed by atoms with van der Waals surface area (Å²) in [6, 6.07) is 6.78. The number of benzene rings is 1. The Labute approximate surface area is 232 Å². The molecule has 11 nitrogen and oxygen atoms in total. The molecule has 0 saturated heterocycles. The average Bonchev–Trinajstić information content (AvgIpc) is 3.37. The van der Waals surface area contributed by atoms with Crippen LogP contribution in [0, 0.1) is 0 Å². The maximum absolute atomic E-state index is 13.7. The largest absolute Gasteiger partial charge is 0.480 e. The standard InChI is InChI=1S/C26H33N5O6S2/c1-26(2,3)31-39(34,35)21-12-16(19-13-22(36-4)29-30-23(19)37-5)8-11-18(21)20-14-27-24(38-20)15-6-9-17(10-7-15)28-25(32)33/h8,11-15,17,28,31H,6-7,9-10H2,1-5H3,(H,32,33)/t15-,17-. The lowest BCUT2D eigenvalue weighted by Gasteiger charge is -2.27. The van der Waals surface area contributed by atoms with Gasteiger partial charge in [-0.15, -0.1) is 21.5 Å². The Morgan fingerprint density at radius 3 is 2.38 bits per heavy atom. The molecular formula is C26H33N5O6S2. The van der Waals surface area contributed by atoms with Crippen LogP contribution in [0.1, 0.15) is 57.4 Å². The van der Waals surface area contributed by atoms with Crippen LogP contribution in [-0.2, 0) is 10.0 Å². The molecule has 1 amide bonds. The van der Waals surface area contributed by atoms with Crippen molar-refractivity contribution in [3.63, 3.8) is 0 Å². The number of amides is 1. The SMILES string of the molecule is COc1cc(-c2ccc(-c3cnc([C@H]4CC[C@H](NC(=O)O)CC4)s3)c(S(=O)(=O)NC(C)(C)C)c2)c(OC)nn1. The second kappa shape index (κ2) is 11.4. The van der Waals surface area contributed by atoms with Gasteiger partial charge in [-0.1, -0.05) is 12.1 Å². The molecule has 1 aliphatic rings. The lowest BCUT2D eigenvalue weighted by atomic mass is 9.86. The molecule has 1 aromatic carbocycles. The van der Waals surface area contributed by atoms with Crippen LogP contribution < -0.4 is 19.5 Å². The van der Waals surface area contributed by atoms with E-state index in [0.29, 0.717) is 16.7 Å². The van der Waals surface area contributed by atoms with Crippen molar-refractivity contribution in [3.05, 3.63) is 35.5 Å². The Morgan fingerprint density at radius 2 is 1.77 bits per heavy atom. The van der Waals surface area contributed by atoms with Gasteiger partial charge in [-0.2, -0.15) is 0 Å². The van der Waals surface area contributed by atoms with Gasteiger partial charge in [-0.25, -0.2) is 22.9 Å². The normalized spacial score (nSPS) is 18.0. The van der Waals surface area contributed by atoms with Crippen LogP contribution in [0.3, 0.4) is 0 Å². The minimum atomic E-state index is -3.94. The van der Waals surface area contributed by atoms with Gasteiger partial charge >= 0.3 is 6.09 Å². The van der Waals surface area contributed by atoms with Crippen LogP contribution in [0.25, 0.3) is 21.6 Å². The number of sulfonamides is 1. The molecule has 1 aliphatic carbocycles. The molecule has 3 N–H and O–H groups in total. The van der Waals surface area contributed by atoms with Crippen molar-refractivity contribution in [2.75, 3.05) is 14.2 Å². The predicted molar refractivity (Wildman–Crippen MR) is 148 cm³/mol. The molecule has 2 aromatic heterocycles. The number of hydrogen-bond donors (Lipinski definition) is 3. The third kappa shape index (κ3) is 6.84. The van der Waals surface area contributed by atoms with Crippen molar-refractivity contribution in [1.82, 2.24) is 25.2 Å². The molecule has 4 rings (SSSR count). The zero-order valence-corrected chi connectivity index (χ0v) is 24.1. The molecule has 0 unspecified atom stereocenters. The summed E-state index contributed by atoms with van der Waals surface area (Å²) in [5, 5.41) is 20.5. The minimum absolute atomic E-state index is 0.0516. The molecule has 2 heterocycles. The summed E-state index contributed by atoms with van der Waals surface area (Å²) in [6.45, 7) is 5.36. The molecule has 0 spiro atoms. The van der Waals surface area contributed by atoms with E-state index in [2.05, 4.69) is 25.2 Å². The first-order valence-corrected chi connectivity index (χ1v) is 14.8. The maximum atomic E-state index is 13.7. The monoisotopic (exact) mass is 575 g/mol. The maximum Gasteiger partial charge on any atom is 0.404 e. The molecular weight excluding hydrogens is 542 g/mol. The Balaban J connectivity index is 1.74. The molecule has 1 fully saturated rings. The van der Waals surface area contributed by atoms with Crippen molar-refractivity contribution >= 4 is 27.5 Å². The van der Waals surface area contributed by atoms with Crippen molar-refractivity contribution in [2.24, 2.45) is 0 Å². The Kier molecular flexibility index (Phi) is 8.42. The highest BCUT2D eigenvalue weighted by Crippen LogP contribution is 2.41. The predicted octanol–water partition coefficient (Wildman–Crippen LogP) is 4.65. The van der Waals surface area contributed by atoms with Crippen LogP contribution >= 0.6 is 11.3 Å². The Hall–Kier alpha value is -3.29. The van der Waals surface area contributed by atoms with E-state index in [1.807, 2.05) is 6.07 Å². The smallest absolute Gasteiger partial charge is 0.404 e. The Morgan fingerprint density at radius 1 is 1.05 bits per heavy atom. The second-order valence-corrected chi connectivity index (χ2v) is 13.1. The zero-order chi connectivity index (χ0) is 28.4. The zero-order valence-electron chi connectivity index (χ0n) is 22.5. The van der Waals surface area contributed by atoms with E-state index in [0.717, 1.165) is 35.6 Å². The van der Waals surface area contributed by atoms with Gasteiger partial charge in [0.25, 0.3) is 0 Å². The lowest BCUT2D eigenvalue weighted by molar-refractivity contribution is 0.185. The number of rotatable bonds is 8. The fourth-order valence-corrected chi connectivity index (χ4v) is 7.51. The second-order valence-electron chi connectivity index (χ2n) is 10.4. The van der Waals surface area contributed by atoms with Crippen molar-refractivity contribution in [3.8, 4) is 33.3 Å². The van der Waals surface area contributed by atoms with E-state index in [1.54, 1.807) is 45.2 Å². The minimum Gasteiger partial charge on any atom is -0.480 e. The first-order chi connectivity index (χ1) is 18.4. The van der Waals surface area contributed by atoms with Crippen molar-refractivity contribution in [2.45, 2.75) is 68.8 Å². The molecule has 0 radical (unpaired) electrons. The molecule has 1 saturated carbocycles. The fraction of sp³-hybridized carbons (Fsp3) is 0.462. The van der Waals surface area contributed by atoms with Crippen LogP contribution in [0.2, 0.25) is 0 Å². The van der Waals surface area contributed by atoms with Gasteiger partial charge < -0.3 is 19.9 Å². The molecule has 13 heteroatoms. The van der Waals surface area contributed by atoms with E-state index in [1.165, 1.54) is 25.6 Å². The number of thiazole rings is 1. The van der Waals surface area contributed by atoms with E-state index < -0.39 is 21.7 Å². The number of nitrogens with one attached hydrogen (secondary N) is 2. The first-order valence-electron chi connectivity index (χ1n) is 12.5. The number of hydrogen-bond acceptors (Lipinski definition) is 9. The number of aromatic nitrogens is 3. The van der Waals surface area contributed by atoms with Gasteiger partial charge in [0.2, 0.25) is 21.8 Å². The highest BCUT2D eigenvalue weighted by molar-refractivity contribution is 7.89. The highest BCUT2D eigenvalue weighted by Gasteiger charge is 2.29. The van der Waals surface area contributed by atoms with Crippen LogP contribution in [0.15, 0.2) is 35.4 Å². The lowest BCUT2D eigenvalue weighted by Crippen LogP contribution is -2.40. The average molecular weight is 576 g/mol. The van der Waals surface area contributed by atoms with E-state index in [4.69, 9.17) is 14.6 Å². The molecule has 3 aromatic rings. The summed E-state index contributed by atoms with van der Waals surface area (Å²) in [5.74, 6) is 0.707. The van der Waals surface area contributed by atoms with Gasteiger partial charge in [0.15, 0.2) is 0 Å². The van der Waals surface area contributed by atoms with Crippen molar-refractivity contribution in [1.29, 1.82) is 0 Å². The van der Waals surface area contributed by atoms with E-state index in [9.17, 15) is 13.2 Å². The topological polar surface area (TPSA) is 153 Å². The van der Waals surface area contributed by atoms with Gasteiger partial charge in [0.1, 0.15) is 0 Å². The Bertz CT molecular complexity index is 1440. The van der Waals surface area contributed by atoms with Gasteiger partial charge in [-0.05, 0) is 58.1 Å². The van der Waals surface area contributed by atoms with Gasteiger partial charge in [-0.3, -0.25) is 0 Å².